The summed E-state index contributed by atoms with van der Waals surface area (Å²) in [5, 5.41) is 1.01. The van der Waals surface area contributed by atoms with Gasteiger partial charge in [-0.2, -0.15) is 0 Å². The van der Waals surface area contributed by atoms with E-state index in [9.17, 15) is 9.59 Å². The van der Waals surface area contributed by atoms with Gasteiger partial charge in [0.15, 0.2) is 0 Å². The molecule has 150 valence electrons. The first-order valence-corrected chi connectivity index (χ1v) is 10.1. The Morgan fingerprint density at radius 1 is 1.17 bits per heavy atom. The Bertz CT molecular complexity index is 1080. The van der Waals surface area contributed by atoms with E-state index in [1.54, 1.807) is 4.90 Å². The molecule has 0 spiro atoms. The fourth-order valence-electron chi connectivity index (χ4n) is 4.06. The van der Waals surface area contributed by atoms with Crippen LogP contribution in [0.25, 0.3) is 10.9 Å². The summed E-state index contributed by atoms with van der Waals surface area (Å²) in [6.45, 7) is 5.52. The highest BCUT2D eigenvalue weighted by molar-refractivity contribution is 5.94. The van der Waals surface area contributed by atoms with E-state index < -0.39 is 0 Å². The van der Waals surface area contributed by atoms with Gasteiger partial charge in [0.1, 0.15) is 0 Å². The van der Waals surface area contributed by atoms with Gasteiger partial charge in [-0.05, 0) is 62.1 Å². The summed E-state index contributed by atoms with van der Waals surface area (Å²) in [7, 11) is 0. The predicted octanol–water partition coefficient (Wildman–Crippen LogP) is 3.97. The second-order valence-corrected chi connectivity index (χ2v) is 7.85. The first-order chi connectivity index (χ1) is 14.0. The van der Waals surface area contributed by atoms with Gasteiger partial charge in [-0.25, -0.2) is 0 Å². The van der Waals surface area contributed by atoms with Gasteiger partial charge in [-0.3, -0.25) is 9.59 Å². The molecule has 5 nitrogen and oxygen atoms in total. The molecule has 1 aliphatic heterocycles. The summed E-state index contributed by atoms with van der Waals surface area (Å²) in [5.74, 6) is -0.0822. The number of nitrogens with zero attached hydrogens (tertiary/aromatic N) is 1. The molecule has 0 unspecified atom stereocenters. The van der Waals surface area contributed by atoms with E-state index in [4.69, 9.17) is 4.74 Å². The number of hydrogen-bond donors (Lipinski definition) is 1. The van der Waals surface area contributed by atoms with Gasteiger partial charge < -0.3 is 14.6 Å². The molecule has 1 aliphatic rings. The van der Waals surface area contributed by atoms with Gasteiger partial charge in [0, 0.05) is 35.2 Å². The molecule has 5 heteroatoms. The Labute approximate surface area is 170 Å². The topological polar surface area (TPSA) is 62.4 Å². The zero-order valence-corrected chi connectivity index (χ0v) is 16.9. The third-order valence-electron chi connectivity index (χ3n) is 5.51. The van der Waals surface area contributed by atoms with Crippen molar-refractivity contribution in [2.45, 2.75) is 39.3 Å². The molecule has 2 heterocycles. The van der Waals surface area contributed by atoms with Gasteiger partial charge in [-0.15, -0.1) is 0 Å². The Balaban J connectivity index is 1.68. The van der Waals surface area contributed by atoms with Crippen molar-refractivity contribution < 1.29 is 9.53 Å². The van der Waals surface area contributed by atoms with Crippen molar-refractivity contribution in [2.24, 2.45) is 0 Å². The Kier molecular flexibility index (Phi) is 5.49. The summed E-state index contributed by atoms with van der Waals surface area (Å²) in [4.78, 5) is 30.7. The Hall–Kier alpha value is -2.92. The number of fused-ring (bicyclic) bond motifs is 1. The summed E-state index contributed by atoms with van der Waals surface area (Å²) in [5.41, 5.74) is 4.11. The monoisotopic (exact) mass is 390 g/mol. The maximum Gasteiger partial charge on any atom is 0.254 e. The van der Waals surface area contributed by atoms with Gasteiger partial charge in [0.25, 0.3) is 11.5 Å². The number of aromatic amines is 1. The molecule has 1 saturated heterocycles. The molecule has 0 saturated carbocycles. The van der Waals surface area contributed by atoms with E-state index in [1.165, 1.54) is 0 Å². The second kappa shape index (κ2) is 8.21. The summed E-state index contributed by atoms with van der Waals surface area (Å²) >= 11 is 0. The minimum atomic E-state index is -0.152. The fourth-order valence-corrected chi connectivity index (χ4v) is 4.06. The maximum absolute atomic E-state index is 13.2. The zero-order valence-electron chi connectivity index (χ0n) is 16.9. The van der Waals surface area contributed by atoms with Crippen molar-refractivity contribution in [1.29, 1.82) is 0 Å². The number of ether oxygens (including phenoxy) is 1. The number of benzene rings is 2. The Morgan fingerprint density at radius 3 is 2.69 bits per heavy atom. The summed E-state index contributed by atoms with van der Waals surface area (Å²) < 4.78 is 5.76. The number of H-pyrrole nitrogens is 1. The highest BCUT2D eigenvalue weighted by Gasteiger charge is 2.24. The number of carbonyl (C=O) groups excluding carboxylic acids is 1. The van der Waals surface area contributed by atoms with Crippen LogP contribution in [0.3, 0.4) is 0 Å². The lowest BCUT2D eigenvalue weighted by atomic mass is 10.0. The molecule has 1 fully saturated rings. The fraction of sp³-hybridized carbons (Fsp3) is 0.333. The van der Waals surface area contributed by atoms with Gasteiger partial charge >= 0.3 is 0 Å². The van der Waals surface area contributed by atoms with Crippen LogP contribution in [0.15, 0.2) is 53.3 Å². The molecule has 3 aromatic rings. The van der Waals surface area contributed by atoms with E-state index >= 15 is 0 Å². The number of pyridine rings is 1. The first-order valence-electron chi connectivity index (χ1n) is 10.1. The van der Waals surface area contributed by atoms with Crippen LogP contribution in [0.5, 0.6) is 0 Å². The molecule has 0 radical (unpaired) electrons. The number of carbonyl (C=O) groups is 1. The number of aromatic nitrogens is 1. The van der Waals surface area contributed by atoms with Crippen LogP contribution in [0.4, 0.5) is 0 Å². The largest absolute Gasteiger partial charge is 0.376 e. The van der Waals surface area contributed by atoms with Gasteiger partial charge in [0.2, 0.25) is 0 Å². The molecule has 4 rings (SSSR count). The van der Waals surface area contributed by atoms with Crippen molar-refractivity contribution in [2.75, 3.05) is 13.2 Å². The quantitative estimate of drug-likeness (QED) is 0.717. The third kappa shape index (κ3) is 4.25. The van der Waals surface area contributed by atoms with Crippen molar-refractivity contribution in [3.63, 3.8) is 0 Å². The lowest BCUT2D eigenvalue weighted by molar-refractivity contribution is 0.0506. The molecular weight excluding hydrogens is 364 g/mol. The molecule has 2 aromatic carbocycles. The predicted molar refractivity (Wildman–Crippen MR) is 114 cm³/mol. The third-order valence-corrected chi connectivity index (χ3v) is 5.51. The number of aryl methyl sites for hydroxylation is 2. The SMILES string of the molecule is Cc1cc(C)c2cc(CN(C[C@H]3CCCO3)C(=O)c3ccccc3)c(=O)[nH]c2c1. The van der Waals surface area contributed by atoms with Crippen molar-refractivity contribution >= 4 is 16.8 Å². The van der Waals surface area contributed by atoms with E-state index in [-0.39, 0.29) is 24.1 Å². The first kappa shape index (κ1) is 19.4. The highest BCUT2D eigenvalue weighted by Crippen LogP contribution is 2.21. The van der Waals surface area contributed by atoms with Crippen LogP contribution in [0.1, 0.15) is 39.9 Å². The standard InChI is InChI=1S/C24H26N2O3/c1-16-11-17(2)21-13-19(23(27)25-22(21)12-16)14-26(15-20-9-6-10-29-20)24(28)18-7-4-3-5-8-18/h3-5,7-8,11-13,20H,6,9-10,14-15H2,1-2H3,(H,25,27)/t20-/m1/s1. The molecule has 1 amide bonds. The maximum atomic E-state index is 13.2. The summed E-state index contributed by atoms with van der Waals surface area (Å²) in [6.07, 6.45) is 1.96. The van der Waals surface area contributed by atoms with Crippen LogP contribution in [-0.2, 0) is 11.3 Å². The lowest BCUT2D eigenvalue weighted by Crippen LogP contribution is -2.38. The van der Waals surface area contributed by atoms with E-state index in [0.717, 1.165) is 41.5 Å². The lowest BCUT2D eigenvalue weighted by Gasteiger charge is -2.25. The Morgan fingerprint density at radius 2 is 1.97 bits per heavy atom. The van der Waals surface area contributed by atoms with E-state index in [2.05, 4.69) is 11.1 Å². The number of rotatable bonds is 5. The molecular formula is C24H26N2O3. The molecule has 1 atom stereocenters. The van der Waals surface area contributed by atoms with Crippen LogP contribution in [-0.4, -0.2) is 35.0 Å². The second-order valence-electron chi connectivity index (χ2n) is 7.85. The molecule has 1 aromatic heterocycles. The molecule has 0 bridgehead atoms. The minimum Gasteiger partial charge on any atom is -0.376 e. The molecule has 1 N–H and O–H groups in total. The van der Waals surface area contributed by atoms with Crippen molar-refractivity contribution in [3.05, 3.63) is 81.1 Å². The van der Waals surface area contributed by atoms with Gasteiger partial charge in [0.05, 0.1) is 12.6 Å². The van der Waals surface area contributed by atoms with E-state index in [0.29, 0.717) is 17.7 Å². The normalized spacial score (nSPS) is 16.3. The zero-order chi connectivity index (χ0) is 20.4. The van der Waals surface area contributed by atoms with Crippen LogP contribution in [0, 0.1) is 13.8 Å². The minimum absolute atomic E-state index is 0.0200. The van der Waals surface area contributed by atoms with Crippen molar-refractivity contribution in [3.8, 4) is 0 Å². The van der Waals surface area contributed by atoms with Crippen LogP contribution < -0.4 is 5.56 Å². The number of nitrogens with one attached hydrogen (secondary N) is 1. The van der Waals surface area contributed by atoms with E-state index in [1.807, 2.05) is 56.3 Å². The molecule has 0 aliphatic carbocycles. The van der Waals surface area contributed by atoms with Crippen LogP contribution in [0.2, 0.25) is 0 Å². The highest BCUT2D eigenvalue weighted by atomic mass is 16.5. The van der Waals surface area contributed by atoms with Crippen LogP contribution >= 0.6 is 0 Å². The number of amides is 1. The average Bonchev–Trinajstić information content (AvgIpc) is 3.21. The van der Waals surface area contributed by atoms with Gasteiger partial charge in [-0.1, -0.05) is 24.3 Å². The molecule has 29 heavy (non-hydrogen) atoms. The van der Waals surface area contributed by atoms with Crippen molar-refractivity contribution in [1.82, 2.24) is 9.88 Å². The summed E-state index contributed by atoms with van der Waals surface area (Å²) in [6, 6.07) is 15.2. The smallest absolute Gasteiger partial charge is 0.254 e. The average molecular weight is 390 g/mol. The number of hydrogen-bond acceptors (Lipinski definition) is 3.